The standard InChI is InChI=1S/C10H23BO/c1-9(2)7-12-8-10(3,4)5-6-11/h9H,5-8,11H2,1-4H3. The van der Waals surface area contributed by atoms with Crippen LogP contribution in [0, 0.1) is 11.3 Å². The number of hydrogen-bond donors (Lipinski definition) is 0. The molecule has 1 nitrogen and oxygen atoms in total. The average molecular weight is 170 g/mol. The van der Waals surface area contributed by atoms with E-state index in [1.165, 1.54) is 12.7 Å². The molecule has 0 aromatic carbocycles. The van der Waals surface area contributed by atoms with Gasteiger partial charge in [-0.15, -0.1) is 0 Å². The zero-order chi connectivity index (χ0) is 9.61. The van der Waals surface area contributed by atoms with Crippen LogP contribution in [0.5, 0.6) is 0 Å². The van der Waals surface area contributed by atoms with Gasteiger partial charge in [-0.05, 0) is 11.3 Å². The molecule has 0 bridgehead atoms. The van der Waals surface area contributed by atoms with E-state index in [4.69, 9.17) is 4.74 Å². The Morgan fingerprint density at radius 3 is 2.33 bits per heavy atom. The van der Waals surface area contributed by atoms with Crippen LogP contribution in [-0.2, 0) is 4.74 Å². The van der Waals surface area contributed by atoms with E-state index in [1.54, 1.807) is 0 Å². The van der Waals surface area contributed by atoms with Crippen LogP contribution in [-0.4, -0.2) is 21.1 Å². The van der Waals surface area contributed by atoms with Crippen LogP contribution in [0.15, 0.2) is 0 Å². The van der Waals surface area contributed by atoms with Gasteiger partial charge in [0.05, 0.1) is 6.61 Å². The molecule has 0 saturated heterocycles. The monoisotopic (exact) mass is 170 g/mol. The SMILES string of the molecule is BCCC(C)(C)COCC(C)C. The first kappa shape index (κ1) is 12.0. The summed E-state index contributed by atoms with van der Waals surface area (Å²) in [6.45, 7) is 10.7. The second kappa shape index (κ2) is 5.63. The Labute approximate surface area is 78.3 Å². The van der Waals surface area contributed by atoms with Crippen molar-refractivity contribution in [2.24, 2.45) is 11.3 Å². The van der Waals surface area contributed by atoms with Gasteiger partial charge >= 0.3 is 0 Å². The first-order chi connectivity index (χ1) is 5.48. The van der Waals surface area contributed by atoms with Gasteiger partial charge in [0.1, 0.15) is 7.85 Å². The molecule has 0 fully saturated rings. The highest BCUT2D eigenvalue weighted by molar-refractivity contribution is 6.08. The number of ether oxygens (including phenoxy) is 1. The lowest BCUT2D eigenvalue weighted by Crippen LogP contribution is -2.20. The molecule has 0 radical (unpaired) electrons. The van der Waals surface area contributed by atoms with Gasteiger partial charge in [-0.3, -0.25) is 0 Å². The topological polar surface area (TPSA) is 9.23 Å². The fourth-order valence-electron chi connectivity index (χ4n) is 1.32. The van der Waals surface area contributed by atoms with Crippen LogP contribution >= 0.6 is 0 Å². The first-order valence-corrected chi connectivity index (χ1v) is 5.05. The van der Waals surface area contributed by atoms with E-state index >= 15 is 0 Å². The van der Waals surface area contributed by atoms with E-state index in [9.17, 15) is 0 Å². The molecule has 2 heteroatoms. The molecule has 0 aromatic rings. The summed E-state index contributed by atoms with van der Waals surface area (Å²) < 4.78 is 5.61. The number of rotatable bonds is 6. The zero-order valence-corrected chi connectivity index (χ0v) is 9.31. The zero-order valence-electron chi connectivity index (χ0n) is 9.31. The Kier molecular flexibility index (Phi) is 5.64. The molecule has 0 N–H and O–H groups in total. The number of hydrogen-bond acceptors (Lipinski definition) is 1. The van der Waals surface area contributed by atoms with E-state index in [0.717, 1.165) is 13.2 Å². The van der Waals surface area contributed by atoms with Crippen molar-refractivity contribution >= 4 is 7.85 Å². The van der Waals surface area contributed by atoms with E-state index < -0.39 is 0 Å². The minimum atomic E-state index is 0.365. The van der Waals surface area contributed by atoms with E-state index in [-0.39, 0.29) is 0 Å². The van der Waals surface area contributed by atoms with Gasteiger partial charge in [0.15, 0.2) is 0 Å². The molecule has 0 rings (SSSR count). The summed E-state index contributed by atoms with van der Waals surface area (Å²) in [4.78, 5) is 0. The Morgan fingerprint density at radius 1 is 1.33 bits per heavy atom. The van der Waals surface area contributed by atoms with Gasteiger partial charge < -0.3 is 4.74 Å². The summed E-state index contributed by atoms with van der Waals surface area (Å²) in [5, 5.41) is 0. The molecule has 0 aliphatic rings. The predicted octanol–water partition coefficient (Wildman–Crippen LogP) is 2.13. The molecule has 0 saturated carbocycles. The molecule has 0 unspecified atom stereocenters. The summed E-state index contributed by atoms with van der Waals surface area (Å²) in [6, 6.07) is 0. The van der Waals surface area contributed by atoms with Gasteiger partial charge in [0.25, 0.3) is 0 Å². The smallest absolute Gasteiger partial charge is 0.101 e. The summed E-state index contributed by atoms with van der Waals surface area (Å²) in [7, 11) is 2.23. The molecule has 0 aromatic heterocycles. The van der Waals surface area contributed by atoms with Gasteiger partial charge in [-0.1, -0.05) is 40.4 Å². The molecule has 0 amide bonds. The highest BCUT2D eigenvalue weighted by atomic mass is 16.5. The van der Waals surface area contributed by atoms with Crippen LogP contribution in [0.1, 0.15) is 34.1 Å². The van der Waals surface area contributed by atoms with Crippen molar-refractivity contribution in [3.63, 3.8) is 0 Å². The molecule has 0 aliphatic carbocycles. The van der Waals surface area contributed by atoms with Gasteiger partial charge in [-0.2, -0.15) is 0 Å². The van der Waals surface area contributed by atoms with Crippen LogP contribution < -0.4 is 0 Å². The third-order valence-electron chi connectivity index (χ3n) is 1.87. The summed E-state index contributed by atoms with van der Waals surface area (Å²) >= 11 is 0. The van der Waals surface area contributed by atoms with Crippen molar-refractivity contribution in [2.45, 2.75) is 40.4 Å². The molecule has 0 spiro atoms. The lowest BCUT2D eigenvalue weighted by molar-refractivity contribution is 0.0451. The van der Waals surface area contributed by atoms with Crippen molar-refractivity contribution in [3.8, 4) is 0 Å². The van der Waals surface area contributed by atoms with Gasteiger partial charge in [0.2, 0.25) is 0 Å². The van der Waals surface area contributed by atoms with Crippen LogP contribution in [0.2, 0.25) is 6.32 Å². The maximum absolute atomic E-state index is 5.61. The maximum atomic E-state index is 5.61. The summed E-state index contributed by atoms with van der Waals surface area (Å²) in [5.74, 6) is 0.655. The Morgan fingerprint density at radius 2 is 1.92 bits per heavy atom. The van der Waals surface area contributed by atoms with Crippen molar-refractivity contribution < 1.29 is 4.74 Å². The molecule has 0 heterocycles. The lowest BCUT2D eigenvalue weighted by atomic mass is 9.83. The van der Waals surface area contributed by atoms with Crippen molar-refractivity contribution in [1.29, 1.82) is 0 Å². The lowest BCUT2D eigenvalue weighted by Gasteiger charge is -2.24. The molecular weight excluding hydrogens is 147 g/mol. The summed E-state index contributed by atoms with van der Waals surface area (Å²) in [6.07, 6.45) is 2.50. The molecule has 0 atom stereocenters. The highest BCUT2D eigenvalue weighted by Crippen LogP contribution is 2.22. The third-order valence-corrected chi connectivity index (χ3v) is 1.87. The van der Waals surface area contributed by atoms with Crippen molar-refractivity contribution in [1.82, 2.24) is 0 Å². The van der Waals surface area contributed by atoms with Crippen LogP contribution in [0.3, 0.4) is 0 Å². The minimum Gasteiger partial charge on any atom is -0.381 e. The minimum absolute atomic E-state index is 0.365. The predicted molar refractivity (Wildman–Crippen MR) is 57.4 cm³/mol. The van der Waals surface area contributed by atoms with E-state index in [1.807, 2.05) is 0 Å². The second-order valence-corrected chi connectivity index (χ2v) is 4.82. The van der Waals surface area contributed by atoms with Gasteiger partial charge in [0, 0.05) is 6.61 Å². The normalized spacial score (nSPS) is 12.4. The molecule has 12 heavy (non-hydrogen) atoms. The van der Waals surface area contributed by atoms with Crippen LogP contribution in [0.25, 0.3) is 0 Å². The highest BCUT2D eigenvalue weighted by Gasteiger charge is 2.16. The maximum Gasteiger partial charge on any atom is 0.101 e. The van der Waals surface area contributed by atoms with Crippen molar-refractivity contribution in [3.05, 3.63) is 0 Å². The molecule has 0 aliphatic heterocycles. The van der Waals surface area contributed by atoms with Crippen molar-refractivity contribution in [2.75, 3.05) is 13.2 Å². The first-order valence-electron chi connectivity index (χ1n) is 5.05. The fraction of sp³-hybridized carbons (Fsp3) is 1.00. The Balaban J connectivity index is 3.46. The van der Waals surface area contributed by atoms with Crippen LogP contribution in [0.4, 0.5) is 0 Å². The molecule has 72 valence electrons. The Bertz CT molecular complexity index is 110. The third kappa shape index (κ3) is 6.72. The average Bonchev–Trinajstić information content (AvgIpc) is 1.85. The second-order valence-electron chi connectivity index (χ2n) is 4.82. The van der Waals surface area contributed by atoms with Gasteiger partial charge in [-0.25, -0.2) is 0 Å². The quantitative estimate of drug-likeness (QED) is 0.555. The molecular formula is C10H23BO. The van der Waals surface area contributed by atoms with E-state index in [2.05, 4.69) is 35.5 Å². The Hall–Kier alpha value is 0.0249. The van der Waals surface area contributed by atoms with E-state index in [0.29, 0.717) is 11.3 Å². The largest absolute Gasteiger partial charge is 0.381 e. The fourth-order valence-corrected chi connectivity index (χ4v) is 1.32. The summed E-state index contributed by atoms with van der Waals surface area (Å²) in [5.41, 5.74) is 0.365.